The van der Waals surface area contributed by atoms with E-state index in [0.29, 0.717) is 39.9 Å². The van der Waals surface area contributed by atoms with Crippen LogP contribution in [0.2, 0.25) is 0 Å². The highest BCUT2D eigenvalue weighted by Gasteiger charge is 2.45. The molecule has 5 heterocycles. The van der Waals surface area contributed by atoms with Crippen LogP contribution in [-0.2, 0) is 74.8 Å². The van der Waals surface area contributed by atoms with E-state index in [9.17, 15) is 47.9 Å². The largest absolute Gasteiger partial charge is 0.458 e. The minimum atomic E-state index is -2.03. The van der Waals surface area contributed by atoms with E-state index in [0.717, 1.165) is 19.4 Å². The molecule has 0 saturated carbocycles. The van der Waals surface area contributed by atoms with Crippen LogP contribution in [0.4, 0.5) is 9.18 Å². The van der Waals surface area contributed by atoms with Crippen LogP contribution >= 0.6 is 0 Å². The molecule has 0 radical (unpaired) electrons. The summed E-state index contributed by atoms with van der Waals surface area (Å²) in [6.07, 6.45) is 5.83. The van der Waals surface area contributed by atoms with Crippen LogP contribution in [0.5, 0.6) is 0 Å². The number of benzene rings is 1. The number of nitrogens with zero attached hydrogens (tertiary/aromatic N) is 3. The highest BCUT2D eigenvalue weighted by Crippen LogP contribution is 2.40. The predicted molar refractivity (Wildman–Crippen MR) is 231 cm³/mol. The first-order chi connectivity index (χ1) is 31.7. The average molecular weight is 918 g/mol. The van der Waals surface area contributed by atoms with Crippen molar-refractivity contribution in [2.75, 3.05) is 46.1 Å². The molecule has 352 valence electrons. The number of hydrogen-bond donors (Lipinski definition) is 7. The summed E-state index contributed by atoms with van der Waals surface area (Å²) in [7, 11) is 0. The third-order valence-electron chi connectivity index (χ3n) is 11.1. The maximum absolute atomic E-state index is 14.8. The van der Waals surface area contributed by atoms with E-state index >= 15 is 0 Å². The second-order valence-corrected chi connectivity index (χ2v) is 15.6. The number of amides is 6. The van der Waals surface area contributed by atoms with Gasteiger partial charge in [0.15, 0.2) is 5.60 Å². The van der Waals surface area contributed by atoms with Gasteiger partial charge in [0.2, 0.25) is 29.5 Å². The van der Waals surface area contributed by atoms with Crippen molar-refractivity contribution in [2.45, 2.75) is 77.8 Å². The lowest BCUT2D eigenvalue weighted by atomic mass is 9.86. The average Bonchev–Trinajstić information content (AvgIpc) is 3.96. The van der Waals surface area contributed by atoms with Gasteiger partial charge in [-0.15, -0.1) is 0 Å². The summed E-state index contributed by atoms with van der Waals surface area (Å²) in [5, 5.41) is 26.3. The van der Waals surface area contributed by atoms with Gasteiger partial charge in [0.05, 0.1) is 61.8 Å². The highest BCUT2D eigenvalue weighted by molar-refractivity contribution is 5.92. The summed E-state index contributed by atoms with van der Waals surface area (Å²) >= 11 is 0. The molecule has 22 heteroatoms. The van der Waals surface area contributed by atoms with Gasteiger partial charge in [-0.05, 0) is 61.6 Å². The Morgan fingerprint density at radius 3 is 2.15 bits per heavy atom. The number of ether oxygens (including phenoxy) is 3. The first-order valence-electron chi connectivity index (χ1n) is 21.4. The van der Waals surface area contributed by atoms with Crippen LogP contribution in [0.15, 0.2) is 47.5 Å². The number of halogens is 1. The minimum Gasteiger partial charge on any atom is -0.458 e. The number of rotatable bonds is 22. The minimum absolute atomic E-state index is 0.0417. The molecule has 7 N–H and O–H groups in total. The fourth-order valence-corrected chi connectivity index (χ4v) is 7.43. The number of carbonyl (C=O) groups excluding carboxylic acids is 7. The van der Waals surface area contributed by atoms with Crippen molar-refractivity contribution in [1.82, 2.24) is 46.0 Å². The molecule has 0 aliphatic carbocycles. The van der Waals surface area contributed by atoms with Crippen molar-refractivity contribution in [1.29, 1.82) is 0 Å². The normalized spacial score (nSPS) is 14.6. The zero-order chi connectivity index (χ0) is 47.4. The van der Waals surface area contributed by atoms with E-state index in [1.807, 2.05) is 24.5 Å². The van der Waals surface area contributed by atoms with Gasteiger partial charge in [0, 0.05) is 54.5 Å². The van der Waals surface area contributed by atoms with Crippen LogP contribution in [0.1, 0.15) is 66.8 Å². The Kier molecular flexibility index (Phi) is 16.2. The maximum Gasteiger partial charge on any atom is 0.407 e. The molecule has 21 nitrogen and oxygen atoms in total. The molecule has 66 heavy (non-hydrogen) atoms. The van der Waals surface area contributed by atoms with E-state index in [4.69, 9.17) is 14.2 Å². The number of unbranched alkanes of at least 4 members (excludes halogenated alkanes) is 2. The topological polar surface area (TPSA) is 279 Å². The Labute approximate surface area is 377 Å². The Hall–Kier alpha value is -7.20. The molecule has 6 rings (SSSR count). The van der Waals surface area contributed by atoms with E-state index in [-0.39, 0.29) is 81.6 Å². The number of cyclic esters (lactones) is 1. The molecule has 1 aromatic carbocycles. The Morgan fingerprint density at radius 2 is 1.48 bits per heavy atom. The van der Waals surface area contributed by atoms with Gasteiger partial charge in [0.25, 0.3) is 5.56 Å². The SMILES string of the molecule is CC[C@@]1(O)C(=O)OCc2c1cc1n(c2=O)Cc2c-1nc1cc(F)c(C)cc1c2CNC(=O)OCCOCNC(=O)CNC(=O)CNC(=O)CNC(=O)CNC(=O)CCCCCn1cccc1. The molecule has 3 aromatic heterocycles. The summed E-state index contributed by atoms with van der Waals surface area (Å²) in [5.74, 6) is -4.17. The van der Waals surface area contributed by atoms with Crippen LogP contribution in [0.3, 0.4) is 0 Å². The van der Waals surface area contributed by atoms with Crippen molar-refractivity contribution < 1.29 is 57.3 Å². The van der Waals surface area contributed by atoms with Gasteiger partial charge < -0.3 is 60.4 Å². The smallest absolute Gasteiger partial charge is 0.407 e. The highest BCUT2D eigenvalue weighted by atomic mass is 19.1. The molecule has 0 spiro atoms. The molecule has 1 atom stereocenters. The molecule has 2 aliphatic rings. The Bertz CT molecular complexity index is 2560. The third kappa shape index (κ3) is 11.9. The third-order valence-corrected chi connectivity index (χ3v) is 11.1. The van der Waals surface area contributed by atoms with Crippen LogP contribution in [0, 0.1) is 12.7 Å². The zero-order valence-corrected chi connectivity index (χ0v) is 36.5. The molecule has 2 aliphatic heterocycles. The van der Waals surface area contributed by atoms with Gasteiger partial charge in [-0.2, -0.15) is 0 Å². The van der Waals surface area contributed by atoms with E-state index in [1.54, 1.807) is 19.9 Å². The monoisotopic (exact) mass is 917 g/mol. The first-order valence-corrected chi connectivity index (χ1v) is 21.4. The molecule has 6 amide bonds. The number of carbonyl (C=O) groups is 7. The Balaban J connectivity index is 0.857. The number of aromatic nitrogens is 3. The number of aliphatic hydroxyl groups is 1. The van der Waals surface area contributed by atoms with Gasteiger partial charge in [-0.3, -0.25) is 28.8 Å². The number of esters is 1. The van der Waals surface area contributed by atoms with E-state index < -0.39 is 72.3 Å². The molecule has 0 fully saturated rings. The molecule has 0 unspecified atom stereocenters. The van der Waals surface area contributed by atoms with Crippen molar-refractivity contribution in [3.8, 4) is 11.4 Å². The molecule has 4 aromatic rings. The second kappa shape index (κ2) is 22.1. The number of aryl methyl sites for hydroxylation is 2. The number of alkyl carbamates (subject to hydrolysis) is 1. The fraction of sp³-hybridized carbons (Fsp3) is 0.432. The second-order valence-electron chi connectivity index (χ2n) is 15.6. The number of pyridine rings is 2. The van der Waals surface area contributed by atoms with Gasteiger partial charge in [0.1, 0.15) is 25.8 Å². The lowest BCUT2D eigenvalue weighted by molar-refractivity contribution is -0.172. The summed E-state index contributed by atoms with van der Waals surface area (Å²) in [6, 6.07) is 8.28. The van der Waals surface area contributed by atoms with Crippen molar-refractivity contribution in [3.05, 3.63) is 86.7 Å². The van der Waals surface area contributed by atoms with Gasteiger partial charge in [-0.25, -0.2) is 19.0 Å². The van der Waals surface area contributed by atoms with Crippen molar-refractivity contribution >= 4 is 52.5 Å². The number of hydrogen-bond acceptors (Lipinski definition) is 13. The van der Waals surface area contributed by atoms with Crippen molar-refractivity contribution in [2.24, 2.45) is 0 Å². The quantitative estimate of drug-likeness (QED) is 0.0281. The summed E-state index contributed by atoms with van der Waals surface area (Å²) in [6.45, 7) is 1.45. The maximum atomic E-state index is 14.8. The zero-order valence-electron chi connectivity index (χ0n) is 36.5. The molecular formula is C44H52FN9O12. The van der Waals surface area contributed by atoms with Crippen LogP contribution in [-0.4, -0.2) is 107 Å². The molecule has 0 bridgehead atoms. The standard InChI is InChI=1S/C44H52FN9O12/c1-3-44(63)31-16-34-40-29(23-54(34)41(60)30(31)24-66-42(44)61)28(27-15-26(2)32(45)17-33(27)52-40)18-50-43(62)65-14-13-64-25-51-39(59)22-49-38(58)21-48-37(57)20-47-36(56)19-46-35(55)9-5-4-6-10-53-11-7-8-12-53/h7-8,11-12,15-17,63H,3-6,9-10,13-14,18-25H2,1-2H3,(H,46,55)(H,47,56)(H,48,57)(H,49,58)(H,50,62)(H,51,59)/t44-/m0/s1. The number of nitrogens with one attached hydrogen (secondary N) is 6. The van der Waals surface area contributed by atoms with Gasteiger partial charge >= 0.3 is 12.1 Å². The van der Waals surface area contributed by atoms with Crippen LogP contribution < -0.4 is 37.5 Å². The van der Waals surface area contributed by atoms with E-state index in [1.165, 1.54) is 16.7 Å². The van der Waals surface area contributed by atoms with E-state index in [2.05, 4.69) is 41.5 Å². The number of fused-ring (bicyclic) bond motifs is 5. The Morgan fingerprint density at radius 1 is 0.833 bits per heavy atom. The van der Waals surface area contributed by atoms with Gasteiger partial charge in [-0.1, -0.05) is 13.3 Å². The summed E-state index contributed by atoms with van der Waals surface area (Å²) in [4.78, 5) is 104. The fourth-order valence-electron chi connectivity index (χ4n) is 7.43. The summed E-state index contributed by atoms with van der Waals surface area (Å²) in [5.41, 5.74) is 0.102. The summed E-state index contributed by atoms with van der Waals surface area (Å²) < 4.78 is 33.9. The lowest BCUT2D eigenvalue weighted by Crippen LogP contribution is -2.45. The molecular weight excluding hydrogens is 866 g/mol. The lowest BCUT2D eigenvalue weighted by Gasteiger charge is -2.31. The molecule has 0 saturated heterocycles. The van der Waals surface area contributed by atoms with Crippen molar-refractivity contribution in [3.63, 3.8) is 0 Å². The predicted octanol–water partition coefficient (Wildman–Crippen LogP) is 0.371. The van der Waals surface area contributed by atoms with Crippen LogP contribution in [0.25, 0.3) is 22.3 Å². The first kappa shape index (κ1) is 48.3.